The van der Waals surface area contributed by atoms with Crippen LogP contribution < -0.4 is 15.4 Å². The highest BCUT2D eigenvalue weighted by molar-refractivity contribution is 6.30. The third-order valence-electron chi connectivity index (χ3n) is 5.62. The van der Waals surface area contributed by atoms with Gasteiger partial charge < -0.3 is 15.4 Å². The molecule has 0 spiro atoms. The van der Waals surface area contributed by atoms with Gasteiger partial charge in [0.05, 0.1) is 17.0 Å². The summed E-state index contributed by atoms with van der Waals surface area (Å²) in [6.07, 6.45) is -15.6. The van der Waals surface area contributed by atoms with E-state index in [4.69, 9.17) is 11.6 Å². The van der Waals surface area contributed by atoms with Gasteiger partial charge in [-0.15, -0.1) is 0 Å². The van der Waals surface area contributed by atoms with Gasteiger partial charge >= 0.3 is 24.7 Å². The molecule has 0 aliphatic carbocycles. The minimum absolute atomic E-state index is 0.0501. The number of alkyl halides is 7. The monoisotopic (exact) mass is 598 g/mol. The molecular formula is C26H20ClF9N2O2. The molecule has 3 aromatic carbocycles. The largest absolute Gasteiger partial charge is 0.461 e. The standard InChI is InChI=1S/C26H20ClF9N2O2/c27-20-12-16(6-7-21(20)29)24(14-15-4-2-1-3-5-15,38-23(39)37-9-8-25(32,33)34)17-10-18(28)13-19(11-17)40-26(35,36)22(30)31/h1-7,10-13,22H,8-9,14H2,(H2,37,38,39). The highest BCUT2D eigenvalue weighted by Gasteiger charge is 2.45. The summed E-state index contributed by atoms with van der Waals surface area (Å²) in [5.41, 5.74) is -2.00. The SMILES string of the molecule is O=C(NCCC(F)(F)F)NC(Cc1ccccc1)(c1cc(F)cc(OC(F)(F)C(F)F)c1)c1ccc(F)c(Cl)c1. The van der Waals surface area contributed by atoms with Gasteiger partial charge in [-0.3, -0.25) is 0 Å². The van der Waals surface area contributed by atoms with E-state index in [1.807, 2.05) is 5.32 Å². The minimum atomic E-state index is -5.02. The highest BCUT2D eigenvalue weighted by atomic mass is 35.5. The molecule has 216 valence electrons. The Morgan fingerprint density at radius 1 is 0.900 bits per heavy atom. The normalized spacial score (nSPS) is 13.6. The molecule has 3 aromatic rings. The molecule has 1 atom stereocenters. The Morgan fingerprint density at radius 3 is 2.17 bits per heavy atom. The van der Waals surface area contributed by atoms with Crippen LogP contribution in [0.25, 0.3) is 0 Å². The molecule has 2 amide bonds. The maximum absolute atomic E-state index is 14.8. The lowest BCUT2D eigenvalue weighted by atomic mass is 9.77. The minimum Gasteiger partial charge on any atom is -0.428 e. The van der Waals surface area contributed by atoms with Crippen LogP contribution in [0.15, 0.2) is 66.7 Å². The molecule has 1 unspecified atom stereocenters. The van der Waals surface area contributed by atoms with E-state index in [1.54, 1.807) is 30.3 Å². The van der Waals surface area contributed by atoms with Gasteiger partial charge in [0.15, 0.2) is 0 Å². The number of carbonyl (C=O) groups is 1. The zero-order valence-corrected chi connectivity index (χ0v) is 20.9. The van der Waals surface area contributed by atoms with Gasteiger partial charge in [0.25, 0.3) is 0 Å². The fraction of sp³-hybridized carbons (Fsp3) is 0.269. The molecule has 0 fully saturated rings. The molecule has 0 heterocycles. The Kier molecular flexibility index (Phi) is 9.49. The van der Waals surface area contributed by atoms with Crippen LogP contribution in [0, 0.1) is 11.6 Å². The second-order valence-electron chi connectivity index (χ2n) is 8.58. The molecule has 0 aliphatic heterocycles. The number of amides is 2. The third-order valence-corrected chi connectivity index (χ3v) is 5.91. The molecule has 0 saturated carbocycles. The van der Waals surface area contributed by atoms with Crippen LogP contribution in [0.2, 0.25) is 5.02 Å². The van der Waals surface area contributed by atoms with Crippen molar-refractivity contribution in [2.45, 2.75) is 37.1 Å². The van der Waals surface area contributed by atoms with Crippen molar-refractivity contribution in [3.8, 4) is 5.75 Å². The number of ether oxygens (including phenoxy) is 1. The van der Waals surface area contributed by atoms with E-state index in [0.29, 0.717) is 11.6 Å². The quantitative estimate of drug-likeness (QED) is 0.236. The average molecular weight is 599 g/mol. The number of rotatable bonds is 10. The number of halogens is 10. The van der Waals surface area contributed by atoms with Crippen molar-refractivity contribution >= 4 is 17.6 Å². The van der Waals surface area contributed by atoms with Gasteiger partial charge in [0, 0.05) is 19.0 Å². The first kappa shape index (κ1) is 30.9. The van der Waals surface area contributed by atoms with E-state index in [2.05, 4.69) is 10.1 Å². The number of hydrogen-bond donors (Lipinski definition) is 2. The summed E-state index contributed by atoms with van der Waals surface area (Å²) in [5.74, 6) is -3.19. The second-order valence-corrected chi connectivity index (χ2v) is 8.99. The van der Waals surface area contributed by atoms with E-state index in [0.717, 1.165) is 30.3 Å². The van der Waals surface area contributed by atoms with Gasteiger partial charge in [0.1, 0.15) is 17.4 Å². The zero-order valence-electron chi connectivity index (χ0n) is 20.1. The van der Waals surface area contributed by atoms with Gasteiger partial charge in [-0.05, 0) is 41.0 Å². The van der Waals surface area contributed by atoms with Crippen molar-refractivity contribution in [2.75, 3.05) is 6.54 Å². The summed E-state index contributed by atoms with van der Waals surface area (Å²) in [4.78, 5) is 12.9. The van der Waals surface area contributed by atoms with Gasteiger partial charge in [-0.25, -0.2) is 13.6 Å². The number of benzene rings is 3. The van der Waals surface area contributed by atoms with E-state index in [-0.39, 0.29) is 17.5 Å². The van der Waals surface area contributed by atoms with Crippen LogP contribution >= 0.6 is 11.6 Å². The predicted molar refractivity (Wildman–Crippen MR) is 128 cm³/mol. The maximum atomic E-state index is 14.8. The smallest absolute Gasteiger partial charge is 0.428 e. The van der Waals surface area contributed by atoms with E-state index in [9.17, 15) is 44.3 Å². The van der Waals surface area contributed by atoms with Crippen LogP contribution in [0.1, 0.15) is 23.1 Å². The summed E-state index contributed by atoms with van der Waals surface area (Å²) >= 11 is 5.96. The average Bonchev–Trinajstić information content (AvgIpc) is 2.84. The van der Waals surface area contributed by atoms with Crippen molar-refractivity contribution in [1.82, 2.24) is 10.6 Å². The first-order valence-corrected chi connectivity index (χ1v) is 11.8. The van der Waals surface area contributed by atoms with Crippen molar-refractivity contribution in [2.24, 2.45) is 0 Å². The first-order valence-electron chi connectivity index (χ1n) is 11.4. The van der Waals surface area contributed by atoms with Gasteiger partial charge in [-0.2, -0.15) is 30.7 Å². The number of urea groups is 1. The summed E-state index contributed by atoms with van der Waals surface area (Å²) in [7, 11) is 0. The fourth-order valence-electron chi connectivity index (χ4n) is 3.85. The van der Waals surface area contributed by atoms with Crippen LogP contribution in [0.4, 0.5) is 44.3 Å². The predicted octanol–water partition coefficient (Wildman–Crippen LogP) is 7.59. The molecule has 4 nitrogen and oxygen atoms in total. The van der Waals surface area contributed by atoms with E-state index < -0.39 is 65.7 Å². The number of nitrogens with one attached hydrogen (secondary N) is 2. The van der Waals surface area contributed by atoms with Crippen LogP contribution in [-0.4, -0.2) is 31.3 Å². The Bertz CT molecular complexity index is 1320. The summed E-state index contributed by atoms with van der Waals surface area (Å²) in [6, 6.07) is 11.7. The lowest BCUT2D eigenvalue weighted by Crippen LogP contribution is -2.52. The van der Waals surface area contributed by atoms with Crippen LogP contribution in [0.3, 0.4) is 0 Å². The molecule has 0 bridgehead atoms. The number of carbonyl (C=O) groups excluding carboxylic acids is 1. The topological polar surface area (TPSA) is 50.4 Å². The van der Waals surface area contributed by atoms with Crippen molar-refractivity contribution in [3.05, 3.63) is 100 Å². The van der Waals surface area contributed by atoms with Gasteiger partial charge in [0.2, 0.25) is 0 Å². The summed E-state index contributed by atoms with van der Waals surface area (Å²) in [6.45, 7) is -0.862. The maximum Gasteiger partial charge on any atom is 0.461 e. The second kappa shape index (κ2) is 12.3. The van der Waals surface area contributed by atoms with E-state index >= 15 is 0 Å². The van der Waals surface area contributed by atoms with Gasteiger partial charge in [-0.1, -0.05) is 48.0 Å². The molecule has 3 rings (SSSR count). The first-order chi connectivity index (χ1) is 18.6. The highest BCUT2D eigenvalue weighted by Crippen LogP contribution is 2.39. The lowest BCUT2D eigenvalue weighted by molar-refractivity contribution is -0.253. The zero-order chi connectivity index (χ0) is 29.7. The van der Waals surface area contributed by atoms with Crippen molar-refractivity contribution in [3.63, 3.8) is 0 Å². The Hall–Kier alpha value is -3.61. The molecule has 14 heteroatoms. The third kappa shape index (κ3) is 7.96. The Labute approximate surface area is 227 Å². The lowest BCUT2D eigenvalue weighted by Gasteiger charge is -2.37. The van der Waals surface area contributed by atoms with Crippen LogP contribution in [-0.2, 0) is 12.0 Å². The summed E-state index contributed by atoms with van der Waals surface area (Å²) in [5, 5.41) is 3.97. The molecular weight excluding hydrogens is 579 g/mol. The fourth-order valence-corrected chi connectivity index (χ4v) is 4.03. The van der Waals surface area contributed by atoms with E-state index in [1.165, 1.54) is 0 Å². The van der Waals surface area contributed by atoms with Crippen LogP contribution in [0.5, 0.6) is 5.75 Å². The Balaban J connectivity index is 2.21. The number of hydrogen-bond acceptors (Lipinski definition) is 2. The molecule has 2 N–H and O–H groups in total. The molecule has 0 aliphatic rings. The Morgan fingerprint density at radius 2 is 1.57 bits per heavy atom. The van der Waals surface area contributed by atoms with Crippen molar-refractivity contribution < 1.29 is 49.0 Å². The summed E-state index contributed by atoms with van der Waals surface area (Å²) < 4.78 is 124. The van der Waals surface area contributed by atoms with Crippen molar-refractivity contribution in [1.29, 1.82) is 0 Å². The molecule has 0 radical (unpaired) electrons. The molecule has 0 saturated heterocycles. The molecule has 40 heavy (non-hydrogen) atoms. The molecule has 0 aromatic heterocycles.